The van der Waals surface area contributed by atoms with Gasteiger partial charge in [0.05, 0.1) is 0 Å². The third-order valence-electron chi connectivity index (χ3n) is 3.35. The van der Waals surface area contributed by atoms with Crippen LogP contribution in [0, 0.1) is 5.92 Å². The standard InChI is InChI=1S/C13H19NO3S/c1-18(16,17)13-11(5-2-6-12(13)15)8-10-4-3-7-14-9-10/h2,5-6,10,14-15H,3-4,7-9H2,1H3. The molecule has 100 valence electrons. The molecule has 18 heavy (non-hydrogen) atoms. The number of phenols is 1. The predicted octanol–water partition coefficient (Wildman–Crippen LogP) is 1.34. The van der Waals surface area contributed by atoms with Crippen LogP contribution in [0.15, 0.2) is 23.1 Å². The van der Waals surface area contributed by atoms with Crippen LogP contribution in [0.3, 0.4) is 0 Å². The van der Waals surface area contributed by atoms with Gasteiger partial charge < -0.3 is 10.4 Å². The Hall–Kier alpha value is -1.07. The fourth-order valence-corrected chi connectivity index (χ4v) is 3.64. The van der Waals surface area contributed by atoms with Gasteiger partial charge in [0.1, 0.15) is 10.6 Å². The maximum atomic E-state index is 11.7. The van der Waals surface area contributed by atoms with Crippen LogP contribution >= 0.6 is 0 Å². The third kappa shape index (κ3) is 3.03. The molecule has 1 aliphatic rings. The van der Waals surface area contributed by atoms with E-state index in [1.807, 2.05) is 0 Å². The quantitative estimate of drug-likeness (QED) is 0.869. The van der Waals surface area contributed by atoms with E-state index in [-0.39, 0.29) is 10.6 Å². The van der Waals surface area contributed by atoms with Crippen molar-refractivity contribution in [3.05, 3.63) is 23.8 Å². The number of nitrogens with one attached hydrogen (secondary N) is 1. The molecule has 1 unspecified atom stereocenters. The summed E-state index contributed by atoms with van der Waals surface area (Å²) in [5.41, 5.74) is 0.728. The second-order valence-corrected chi connectivity index (χ2v) is 6.91. The molecule has 1 aromatic rings. The fraction of sp³-hybridized carbons (Fsp3) is 0.538. The number of piperidine rings is 1. The first-order valence-electron chi connectivity index (χ1n) is 6.20. The van der Waals surface area contributed by atoms with Crippen LogP contribution in [0.4, 0.5) is 0 Å². The number of sulfone groups is 1. The molecular weight excluding hydrogens is 250 g/mol. The van der Waals surface area contributed by atoms with Gasteiger partial charge in [0.2, 0.25) is 0 Å². The van der Waals surface area contributed by atoms with Gasteiger partial charge in [0.15, 0.2) is 9.84 Å². The minimum Gasteiger partial charge on any atom is -0.507 e. The van der Waals surface area contributed by atoms with E-state index >= 15 is 0 Å². The van der Waals surface area contributed by atoms with Crippen molar-refractivity contribution in [3.8, 4) is 5.75 Å². The van der Waals surface area contributed by atoms with Crippen molar-refractivity contribution in [2.75, 3.05) is 19.3 Å². The predicted molar refractivity (Wildman–Crippen MR) is 70.5 cm³/mol. The van der Waals surface area contributed by atoms with Crippen molar-refractivity contribution in [1.82, 2.24) is 5.32 Å². The first kappa shape index (κ1) is 13.4. The molecule has 2 N–H and O–H groups in total. The molecule has 0 aromatic heterocycles. The van der Waals surface area contributed by atoms with Crippen molar-refractivity contribution in [1.29, 1.82) is 0 Å². The molecule has 5 heteroatoms. The lowest BCUT2D eigenvalue weighted by atomic mass is 9.92. The zero-order valence-corrected chi connectivity index (χ0v) is 11.3. The molecule has 0 amide bonds. The van der Waals surface area contributed by atoms with Gasteiger partial charge in [0.25, 0.3) is 0 Å². The van der Waals surface area contributed by atoms with Gasteiger partial charge in [-0.1, -0.05) is 12.1 Å². The number of phenolic OH excluding ortho intramolecular Hbond substituents is 1. The molecule has 1 atom stereocenters. The topological polar surface area (TPSA) is 66.4 Å². The van der Waals surface area contributed by atoms with Gasteiger partial charge in [-0.3, -0.25) is 0 Å². The fourth-order valence-electron chi connectivity index (χ4n) is 2.57. The first-order chi connectivity index (χ1) is 8.48. The number of benzene rings is 1. The summed E-state index contributed by atoms with van der Waals surface area (Å²) in [6, 6.07) is 4.93. The largest absolute Gasteiger partial charge is 0.507 e. The summed E-state index contributed by atoms with van der Waals surface area (Å²) in [5.74, 6) is 0.305. The zero-order valence-electron chi connectivity index (χ0n) is 10.5. The Morgan fingerprint density at radius 1 is 1.44 bits per heavy atom. The first-order valence-corrected chi connectivity index (χ1v) is 8.09. The van der Waals surface area contributed by atoms with Crippen molar-refractivity contribution in [2.45, 2.75) is 24.2 Å². The molecule has 0 bridgehead atoms. The smallest absolute Gasteiger partial charge is 0.179 e. The molecule has 1 aliphatic heterocycles. The Morgan fingerprint density at radius 2 is 2.22 bits per heavy atom. The van der Waals surface area contributed by atoms with Gasteiger partial charge in [-0.25, -0.2) is 8.42 Å². The van der Waals surface area contributed by atoms with E-state index in [0.717, 1.165) is 37.8 Å². The zero-order chi connectivity index (χ0) is 13.2. The Kier molecular flexibility index (Phi) is 3.92. The molecule has 1 heterocycles. The van der Waals surface area contributed by atoms with Crippen LogP contribution in [-0.2, 0) is 16.3 Å². The summed E-state index contributed by atoms with van der Waals surface area (Å²) in [4.78, 5) is 0.0931. The Balaban J connectivity index is 2.30. The molecule has 4 nitrogen and oxygen atoms in total. The van der Waals surface area contributed by atoms with Gasteiger partial charge in [-0.15, -0.1) is 0 Å². The average Bonchev–Trinajstić information content (AvgIpc) is 2.28. The second-order valence-electron chi connectivity index (χ2n) is 4.95. The molecule has 0 aliphatic carbocycles. The highest BCUT2D eigenvalue weighted by Crippen LogP contribution is 2.29. The van der Waals surface area contributed by atoms with Gasteiger partial charge in [-0.2, -0.15) is 0 Å². The maximum Gasteiger partial charge on any atom is 0.179 e. The lowest BCUT2D eigenvalue weighted by Gasteiger charge is -2.23. The van der Waals surface area contributed by atoms with Crippen LogP contribution in [0.25, 0.3) is 0 Å². The number of rotatable bonds is 3. The molecular formula is C13H19NO3S. The van der Waals surface area contributed by atoms with E-state index in [9.17, 15) is 13.5 Å². The third-order valence-corrected chi connectivity index (χ3v) is 4.57. The van der Waals surface area contributed by atoms with Crippen molar-refractivity contribution >= 4 is 9.84 Å². The Morgan fingerprint density at radius 3 is 2.83 bits per heavy atom. The van der Waals surface area contributed by atoms with Gasteiger partial charge in [0, 0.05) is 6.26 Å². The van der Waals surface area contributed by atoms with Gasteiger partial charge >= 0.3 is 0 Å². The highest BCUT2D eigenvalue weighted by Gasteiger charge is 2.21. The molecule has 1 aromatic carbocycles. The van der Waals surface area contributed by atoms with Crippen molar-refractivity contribution < 1.29 is 13.5 Å². The second kappa shape index (κ2) is 5.28. The molecule has 1 fully saturated rings. The highest BCUT2D eigenvalue weighted by molar-refractivity contribution is 7.90. The highest BCUT2D eigenvalue weighted by atomic mass is 32.2. The van der Waals surface area contributed by atoms with E-state index in [2.05, 4.69) is 5.32 Å². The summed E-state index contributed by atoms with van der Waals surface area (Å²) in [6.07, 6.45) is 4.07. The SMILES string of the molecule is CS(=O)(=O)c1c(O)cccc1CC1CCCNC1. The van der Waals surface area contributed by atoms with Crippen LogP contribution in [0.1, 0.15) is 18.4 Å². The number of hydrogen-bond acceptors (Lipinski definition) is 4. The maximum absolute atomic E-state index is 11.7. The van der Waals surface area contributed by atoms with E-state index in [0.29, 0.717) is 12.3 Å². The van der Waals surface area contributed by atoms with Crippen molar-refractivity contribution in [2.24, 2.45) is 5.92 Å². The van der Waals surface area contributed by atoms with E-state index in [1.165, 1.54) is 6.07 Å². The molecule has 0 spiro atoms. The van der Waals surface area contributed by atoms with E-state index in [4.69, 9.17) is 0 Å². The molecule has 0 saturated carbocycles. The average molecular weight is 269 g/mol. The minimum atomic E-state index is -3.39. The minimum absolute atomic E-state index is 0.0931. The molecule has 2 rings (SSSR count). The monoisotopic (exact) mass is 269 g/mol. The lowest BCUT2D eigenvalue weighted by molar-refractivity contribution is 0.372. The number of aromatic hydroxyl groups is 1. The van der Waals surface area contributed by atoms with Crippen LogP contribution in [0.5, 0.6) is 5.75 Å². The van der Waals surface area contributed by atoms with Crippen LogP contribution in [-0.4, -0.2) is 32.9 Å². The van der Waals surface area contributed by atoms with Crippen LogP contribution in [0.2, 0.25) is 0 Å². The van der Waals surface area contributed by atoms with Crippen molar-refractivity contribution in [3.63, 3.8) is 0 Å². The summed E-state index contributed by atoms with van der Waals surface area (Å²) in [7, 11) is -3.39. The van der Waals surface area contributed by atoms with Crippen LogP contribution < -0.4 is 5.32 Å². The van der Waals surface area contributed by atoms with E-state index in [1.54, 1.807) is 12.1 Å². The van der Waals surface area contributed by atoms with E-state index < -0.39 is 9.84 Å². The Labute approximate surface area is 108 Å². The lowest BCUT2D eigenvalue weighted by Crippen LogP contribution is -2.31. The summed E-state index contributed by atoms with van der Waals surface area (Å²) >= 11 is 0. The Bertz CT molecular complexity index is 519. The van der Waals surface area contributed by atoms with Gasteiger partial charge in [-0.05, 0) is 49.9 Å². The molecule has 1 saturated heterocycles. The summed E-state index contributed by atoms with van der Waals surface area (Å²) in [6.45, 7) is 1.95. The normalized spacial score (nSPS) is 20.8. The molecule has 0 radical (unpaired) electrons. The summed E-state index contributed by atoms with van der Waals surface area (Å²) in [5, 5.41) is 13.1. The summed E-state index contributed by atoms with van der Waals surface area (Å²) < 4.78 is 23.5. The number of hydrogen-bond donors (Lipinski definition) is 2.